The first-order chi connectivity index (χ1) is 19.1. The van der Waals surface area contributed by atoms with E-state index in [0.717, 1.165) is 29.8 Å². The van der Waals surface area contributed by atoms with Crippen LogP contribution < -0.4 is 20.1 Å². The van der Waals surface area contributed by atoms with Crippen LogP contribution in [0.5, 0.6) is 5.75 Å². The van der Waals surface area contributed by atoms with E-state index in [1.165, 1.54) is 18.2 Å². The Hall–Kier alpha value is -3.92. The third-order valence-corrected chi connectivity index (χ3v) is 8.13. The highest BCUT2D eigenvalue weighted by Gasteiger charge is 2.32. The van der Waals surface area contributed by atoms with Crippen molar-refractivity contribution in [2.75, 3.05) is 24.8 Å². The average molecular weight is 580 g/mol. The molecule has 3 N–H and O–H groups in total. The van der Waals surface area contributed by atoms with Crippen molar-refractivity contribution in [3.05, 3.63) is 70.9 Å². The number of ether oxygens (including phenoxy) is 1. The molecule has 0 fully saturated rings. The minimum absolute atomic E-state index is 0.0317. The second-order valence-electron chi connectivity index (χ2n) is 11.6. The smallest absolute Gasteiger partial charge is 0.281 e. The number of pyridine rings is 2. The summed E-state index contributed by atoms with van der Waals surface area (Å²) in [6.07, 6.45) is 5.57. The molecule has 0 aliphatic heterocycles. The van der Waals surface area contributed by atoms with E-state index in [0.29, 0.717) is 11.4 Å². The van der Waals surface area contributed by atoms with Gasteiger partial charge in [0.05, 0.1) is 18.4 Å². The lowest BCUT2D eigenvalue weighted by Crippen LogP contribution is -2.43. The van der Waals surface area contributed by atoms with Gasteiger partial charge in [-0.05, 0) is 61.7 Å². The molecule has 10 heteroatoms. The lowest BCUT2D eigenvalue weighted by Gasteiger charge is -2.38. The fourth-order valence-electron chi connectivity index (χ4n) is 4.45. The standard InChI is InChI=1S/C31H41N5O4S/c1-9-19-31(5,6)36(7)28-24(29(37)35-41(38,39)26-12-10-11-25(32)33-26)20-22(27(34-28)30(2,3)4)16-13-21-14-17-23(40-8)18-15-21/h10-18,20H,9,19H2,1-8H3,(H2,32,33)(H,35,37)/b16-13+. The van der Waals surface area contributed by atoms with Crippen LogP contribution in [0.15, 0.2) is 53.6 Å². The van der Waals surface area contributed by atoms with Crippen molar-refractivity contribution >= 4 is 39.7 Å². The topological polar surface area (TPSA) is 128 Å². The van der Waals surface area contributed by atoms with Crippen LogP contribution in [-0.4, -0.2) is 44.0 Å². The summed E-state index contributed by atoms with van der Waals surface area (Å²) in [5.41, 5.74) is 7.48. The number of benzene rings is 1. The maximum absolute atomic E-state index is 13.7. The molecule has 0 aliphatic carbocycles. The Morgan fingerprint density at radius 3 is 2.27 bits per heavy atom. The first-order valence-electron chi connectivity index (χ1n) is 13.5. The lowest BCUT2D eigenvalue weighted by atomic mass is 9.87. The Labute approximate surface area is 243 Å². The van der Waals surface area contributed by atoms with Gasteiger partial charge < -0.3 is 15.4 Å². The van der Waals surface area contributed by atoms with Crippen LogP contribution in [0, 0.1) is 0 Å². The number of nitrogens with one attached hydrogen (secondary N) is 1. The Morgan fingerprint density at radius 2 is 1.71 bits per heavy atom. The van der Waals surface area contributed by atoms with Gasteiger partial charge >= 0.3 is 0 Å². The van der Waals surface area contributed by atoms with Crippen molar-refractivity contribution in [1.82, 2.24) is 14.7 Å². The molecule has 0 bridgehead atoms. The summed E-state index contributed by atoms with van der Waals surface area (Å²) >= 11 is 0. The zero-order chi connectivity index (χ0) is 30.6. The van der Waals surface area contributed by atoms with Gasteiger partial charge in [-0.3, -0.25) is 4.79 Å². The number of nitrogens with two attached hydrogens (primary N) is 1. The lowest BCUT2D eigenvalue weighted by molar-refractivity contribution is 0.0981. The molecule has 0 saturated carbocycles. The summed E-state index contributed by atoms with van der Waals surface area (Å²) in [4.78, 5) is 24.6. The summed E-state index contributed by atoms with van der Waals surface area (Å²) in [6.45, 7) is 12.4. The van der Waals surface area contributed by atoms with E-state index in [1.54, 1.807) is 13.2 Å². The van der Waals surface area contributed by atoms with Crippen molar-refractivity contribution in [3.8, 4) is 5.75 Å². The van der Waals surface area contributed by atoms with Gasteiger partial charge in [-0.15, -0.1) is 0 Å². The monoisotopic (exact) mass is 579 g/mol. The molecule has 3 rings (SSSR count). The van der Waals surface area contributed by atoms with Gasteiger partial charge in [-0.2, -0.15) is 8.42 Å². The Kier molecular flexibility index (Phi) is 9.48. The predicted octanol–water partition coefficient (Wildman–Crippen LogP) is 5.67. The average Bonchev–Trinajstić information content (AvgIpc) is 2.90. The minimum Gasteiger partial charge on any atom is -0.497 e. The maximum atomic E-state index is 13.7. The van der Waals surface area contributed by atoms with Gasteiger partial charge in [0.1, 0.15) is 17.4 Å². The van der Waals surface area contributed by atoms with Gasteiger partial charge in [-0.25, -0.2) is 14.7 Å². The van der Waals surface area contributed by atoms with Crippen LogP contribution in [0.1, 0.15) is 81.6 Å². The van der Waals surface area contributed by atoms with Crippen LogP contribution >= 0.6 is 0 Å². The molecule has 1 aromatic carbocycles. The van der Waals surface area contributed by atoms with Crippen LogP contribution in [-0.2, 0) is 15.4 Å². The van der Waals surface area contributed by atoms with Gasteiger partial charge in [0.2, 0.25) is 0 Å². The van der Waals surface area contributed by atoms with E-state index >= 15 is 0 Å². The fraction of sp³-hybridized carbons (Fsp3) is 0.387. The molecule has 3 aromatic rings. The first kappa shape index (κ1) is 31.6. The summed E-state index contributed by atoms with van der Waals surface area (Å²) in [5, 5.41) is -0.342. The number of hydrogen-bond donors (Lipinski definition) is 2. The highest BCUT2D eigenvalue weighted by atomic mass is 32.2. The van der Waals surface area contributed by atoms with Crippen molar-refractivity contribution in [2.24, 2.45) is 0 Å². The molecule has 1 amide bonds. The SMILES string of the molecule is CCCC(C)(C)N(C)c1nc(C(C)(C)C)c(/C=C/c2ccc(OC)cc2)cc1C(=O)NS(=O)(=O)c1cccc(N)n1. The molecule has 2 aromatic heterocycles. The highest BCUT2D eigenvalue weighted by molar-refractivity contribution is 7.90. The van der Waals surface area contributed by atoms with Crippen LogP contribution in [0.4, 0.5) is 11.6 Å². The summed E-state index contributed by atoms with van der Waals surface area (Å²) < 4.78 is 33.7. The second-order valence-corrected chi connectivity index (χ2v) is 13.2. The van der Waals surface area contributed by atoms with E-state index in [-0.39, 0.29) is 27.4 Å². The Balaban J connectivity index is 2.19. The van der Waals surface area contributed by atoms with Gasteiger partial charge in [0.15, 0.2) is 5.03 Å². The molecule has 41 heavy (non-hydrogen) atoms. The molecule has 0 unspecified atom stereocenters. The number of carbonyl (C=O) groups excluding carboxylic acids is 1. The van der Waals surface area contributed by atoms with Crippen molar-refractivity contribution in [1.29, 1.82) is 0 Å². The molecule has 0 atom stereocenters. The van der Waals surface area contributed by atoms with E-state index in [2.05, 4.69) is 51.2 Å². The number of methoxy groups -OCH3 is 1. The number of nitrogen functional groups attached to an aromatic ring is 1. The number of aromatic nitrogens is 2. The Morgan fingerprint density at radius 1 is 1.05 bits per heavy atom. The number of rotatable bonds is 10. The zero-order valence-electron chi connectivity index (χ0n) is 25.1. The number of nitrogens with zero attached hydrogens (tertiary/aromatic N) is 3. The number of hydrogen-bond acceptors (Lipinski definition) is 8. The summed E-state index contributed by atoms with van der Waals surface area (Å²) in [6, 6.07) is 13.5. The van der Waals surface area contributed by atoms with Crippen molar-refractivity contribution in [2.45, 2.75) is 70.4 Å². The number of sulfonamides is 1. The van der Waals surface area contributed by atoms with Gasteiger partial charge in [0.25, 0.3) is 15.9 Å². The zero-order valence-corrected chi connectivity index (χ0v) is 26.0. The van der Waals surface area contributed by atoms with Crippen molar-refractivity contribution < 1.29 is 17.9 Å². The molecule has 0 saturated heterocycles. The number of amides is 1. The maximum Gasteiger partial charge on any atom is 0.281 e. The normalized spacial score (nSPS) is 12.4. The second kappa shape index (κ2) is 12.3. The van der Waals surface area contributed by atoms with Gasteiger partial charge in [0, 0.05) is 18.0 Å². The summed E-state index contributed by atoms with van der Waals surface area (Å²) in [7, 11) is -0.808. The molecule has 0 spiro atoms. The van der Waals surface area contributed by atoms with Crippen LogP contribution in [0.2, 0.25) is 0 Å². The molecule has 2 heterocycles. The molecule has 9 nitrogen and oxygen atoms in total. The van der Waals surface area contributed by atoms with Gasteiger partial charge in [-0.1, -0.05) is 64.5 Å². The minimum atomic E-state index is -4.30. The molecule has 0 radical (unpaired) electrons. The first-order valence-corrected chi connectivity index (χ1v) is 15.0. The molecule has 0 aliphatic rings. The molecule has 220 valence electrons. The predicted molar refractivity (Wildman–Crippen MR) is 166 cm³/mol. The summed E-state index contributed by atoms with van der Waals surface area (Å²) in [5.74, 6) is 0.360. The number of carbonyl (C=O) groups is 1. The third-order valence-electron chi connectivity index (χ3n) is 6.89. The largest absolute Gasteiger partial charge is 0.497 e. The molecular formula is C31H41N5O4S. The number of anilines is 2. The van der Waals surface area contributed by atoms with Crippen molar-refractivity contribution in [3.63, 3.8) is 0 Å². The van der Waals surface area contributed by atoms with E-state index in [9.17, 15) is 13.2 Å². The third kappa shape index (κ3) is 7.64. The highest BCUT2D eigenvalue weighted by Crippen LogP contribution is 2.34. The van der Waals surface area contributed by atoms with E-state index in [1.807, 2.05) is 48.4 Å². The van der Waals surface area contributed by atoms with E-state index < -0.39 is 15.9 Å². The Bertz CT molecular complexity index is 1530. The molecular weight excluding hydrogens is 538 g/mol. The fourth-order valence-corrected chi connectivity index (χ4v) is 5.39. The van der Waals surface area contributed by atoms with Crippen LogP contribution in [0.25, 0.3) is 12.2 Å². The quantitative estimate of drug-likeness (QED) is 0.315. The van der Waals surface area contributed by atoms with E-state index in [4.69, 9.17) is 15.5 Å². The van der Waals surface area contributed by atoms with Crippen LogP contribution in [0.3, 0.4) is 0 Å².